The molecule has 10 saturated carbocycles. The van der Waals surface area contributed by atoms with Gasteiger partial charge in [0.2, 0.25) is 6.29 Å². The van der Waals surface area contributed by atoms with Gasteiger partial charge in [-0.3, -0.25) is 15.6 Å². The van der Waals surface area contributed by atoms with Crippen molar-refractivity contribution in [3.63, 3.8) is 0 Å². The summed E-state index contributed by atoms with van der Waals surface area (Å²) in [6, 6.07) is 2.60. The average molecular weight is 1220 g/mol. The third-order valence-corrected chi connectivity index (χ3v) is 30.8. The number of aliphatic hydroxyl groups excluding tert-OH is 4. The number of aliphatic hydroxyl groups is 4. The van der Waals surface area contributed by atoms with Crippen LogP contribution in [0.5, 0.6) is 17.2 Å². The van der Waals surface area contributed by atoms with E-state index in [1.165, 1.54) is 120 Å². The van der Waals surface area contributed by atoms with Crippen molar-refractivity contribution in [3.8, 4) is 29.1 Å². The number of allylic oxidation sites excluding steroid dienone is 1. The minimum atomic E-state index is -2.08. The molecule has 2 aromatic carbocycles. The number of aromatic hydroxyl groups is 2. The Labute approximate surface area is 522 Å². The Bertz CT molecular complexity index is 3570. The molecule has 5 heterocycles. The van der Waals surface area contributed by atoms with E-state index in [0.29, 0.717) is 62.1 Å². The van der Waals surface area contributed by atoms with Crippen LogP contribution in [0.25, 0.3) is 10.8 Å². The van der Waals surface area contributed by atoms with Gasteiger partial charge in [0, 0.05) is 53.5 Å². The molecule has 89 heavy (non-hydrogen) atoms. The first-order chi connectivity index (χ1) is 42.8. The molecule has 16 aliphatic rings. The first-order valence-corrected chi connectivity index (χ1v) is 35.2. The minimum Gasteiger partial charge on any atom is -0.507 e. The minimum absolute atomic E-state index is 0.00322. The molecule has 15 heteroatoms. The molecule has 0 aromatic heterocycles. The van der Waals surface area contributed by atoms with Crippen molar-refractivity contribution in [2.75, 3.05) is 26.4 Å². The number of carboxylic acid groups (broad SMARTS) is 1. The van der Waals surface area contributed by atoms with E-state index >= 15 is 0 Å². The number of carboxylic acids is 1. The zero-order valence-corrected chi connectivity index (χ0v) is 52.4. The smallest absolute Gasteiger partial charge is 0.335 e. The lowest BCUT2D eigenvalue weighted by Crippen LogP contribution is -2.82. The monoisotopic (exact) mass is 1220 g/mol. The molecule has 18 rings (SSSR count). The van der Waals surface area contributed by atoms with Crippen molar-refractivity contribution in [1.29, 1.82) is 0 Å². The van der Waals surface area contributed by atoms with E-state index in [9.17, 15) is 45.3 Å². The van der Waals surface area contributed by atoms with Crippen LogP contribution >= 0.6 is 0 Å². The Morgan fingerprint density at radius 2 is 1.61 bits per heavy atom. The van der Waals surface area contributed by atoms with Gasteiger partial charge in [-0.1, -0.05) is 37.2 Å². The van der Waals surface area contributed by atoms with Crippen LogP contribution in [0, 0.1) is 92.2 Å². The van der Waals surface area contributed by atoms with Crippen LogP contribution in [0.1, 0.15) is 219 Å². The van der Waals surface area contributed by atoms with Gasteiger partial charge in [0.15, 0.2) is 11.4 Å². The Hall–Kier alpha value is -4.08. The maximum atomic E-state index is 14.2. The van der Waals surface area contributed by atoms with E-state index in [4.69, 9.17) is 18.9 Å². The Morgan fingerprint density at radius 1 is 0.809 bits per heavy atom. The predicted octanol–water partition coefficient (Wildman–Crippen LogP) is 10.7. The van der Waals surface area contributed by atoms with Crippen LogP contribution in [0.3, 0.4) is 0 Å². The van der Waals surface area contributed by atoms with Crippen molar-refractivity contribution < 1.29 is 64.3 Å². The van der Waals surface area contributed by atoms with Crippen LogP contribution < -0.4 is 15.6 Å². The van der Waals surface area contributed by atoms with Crippen molar-refractivity contribution >= 4 is 22.5 Å². The van der Waals surface area contributed by atoms with Gasteiger partial charge in [-0.2, -0.15) is 0 Å². The van der Waals surface area contributed by atoms with Gasteiger partial charge < -0.3 is 54.7 Å². The summed E-state index contributed by atoms with van der Waals surface area (Å²) in [6.07, 6.45) is 28.0. The Kier molecular flexibility index (Phi) is 12.2. The molecule has 0 unspecified atom stereocenters. The molecular formula is C74H94N2O13. The predicted molar refractivity (Wildman–Crippen MR) is 328 cm³/mol. The highest BCUT2D eigenvalue weighted by atomic mass is 16.7. The van der Waals surface area contributed by atoms with E-state index in [2.05, 4.69) is 28.8 Å². The summed E-state index contributed by atoms with van der Waals surface area (Å²) in [5.41, 5.74) is 6.70. The summed E-state index contributed by atoms with van der Waals surface area (Å²) < 4.78 is 29.7. The number of carbonyl (C=O) groups is 2. The number of carbonyl (C=O) groups excluding carboxylic acids is 1. The van der Waals surface area contributed by atoms with E-state index in [-0.39, 0.29) is 91.7 Å². The molecule has 13 fully saturated rings. The highest BCUT2D eigenvalue weighted by molar-refractivity contribution is 6.11. The molecule has 8 bridgehead atoms. The van der Waals surface area contributed by atoms with Crippen LogP contribution in [-0.4, -0.2) is 121 Å². The normalized spacial score (nSPS) is 49.9. The largest absolute Gasteiger partial charge is 0.507 e. The molecule has 2 aromatic rings. The standard InChI is InChI=1S/C74H94N2O13/c1-41-54(42(2)79)58(81)55-48(57(41)80)28-43(62(84)85)29-52(55)87-63-59(82)61(83)74-31-51-56-49(13-14-50(56)71(89-74)19-7-16-64(35-71)22-23-65(34-64)17-4-11-46(65)12-6-20-72(74,39-78)88-63)69(26-27-77)40-86-33-44-30-67-36-68(32-53(67)75-76-73(51,38-67)60(44)69)21-15-47-9-3-8-45-10-5-18-66(45)24-25-70(47,68)37-66/h13,28-29,44-47,51,53,59-61,63,75-78,80-83H,3-5,7-12,14-19,21-27,30-40H2,1-2H3,(H,84,85)/t44-,45-,46-,47+,51-,53+,59-,60-,61-,63-,64+,65-,66+,67-,68-,69-,70+,71-,72-,73-,74+/m1/s1. The van der Waals surface area contributed by atoms with Crippen molar-refractivity contribution in [1.82, 2.24) is 10.9 Å². The maximum absolute atomic E-state index is 14.2. The number of hydrogen-bond donors (Lipinski definition) is 9. The maximum Gasteiger partial charge on any atom is 0.335 e. The zero-order valence-electron chi connectivity index (χ0n) is 52.4. The summed E-state index contributed by atoms with van der Waals surface area (Å²) >= 11 is 0. The Morgan fingerprint density at radius 3 is 2.42 bits per heavy atom. The van der Waals surface area contributed by atoms with E-state index < -0.39 is 76.1 Å². The molecule has 9 N–H and O–H groups in total. The van der Waals surface area contributed by atoms with Gasteiger partial charge in [-0.05, 0) is 265 Å². The molecular weight excluding hydrogens is 1120 g/mol. The fourth-order valence-corrected chi connectivity index (χ4v) is 28.0. The summed E-state index contributed by atoms with van der Waals surface area (Å²) in [7, 11) is 0. The summed E-state index contributed by atoms with van der Waals surface area (Å²) in [4.78, 5) is 26.2. The molecule has 9 spiro atoms. The lowest BCUT2D eigenvalue weighted by atomic mass is 9.38. The fourth-order valence-electron chi connectivity index (χ4n) is 28.0. The second kappa shape index (κ2) is 18.9. The van der Waals surface area contributed by atoms with E-state index in [0.717, 1.165) is 82.1 Å². The summed E-state index contributed by atoms with van der Waals surface area (Å²) in [5, 5.41) is 86.2. The molecule has 478 valence electrons. The SMILES string of the molecule is CC(=O)c1c(C)c(O)c2cc(C(=O)O)cc(O[C@@H]3O[C@@]4(CO)C#CC[C@H]5CCC[C@]56CC[C@@]5(CCC[C@]7(C5)O[C@@]4(C[C@@H]4C5=C7CC=C5[C@@]5(CCO)COC[C@H]7C[C@@]89C[C@]4(NN[C@H]8C[C@]4(CC[C@@H]8CCC[C@@H]%10CCC[C@@]%10%11CC[C@]84C%11)C9)[C@H]75)[C@H](O)[C@H]3O)C6)c2c1O. The Balaban J connectivity index is 0.832. The quantitative estimate of drug-likeness (QED) is 0.0712. The second-order valence-electron chi connectivity index (χ2n) is 33.7. The molecule has 21 atom stereocenters. The van der Waals surface area contributed by atoms with Gasteiger partial charge in [0.05, 0.1) is 35.3 Å². The number of aromatic carboxylic acids is 1. The third kappa shape index (κ3) is 7.09. The van der Waals surface area contributed by atoms with Crippen molar-refractivity contribution in [3.05, 3.63) is 51.6 Å². The van der Waals surface area contributed by atoms with Crippen molar-refractivity contribution in [2.45, 2.75) is 247 Å². The molecule has 15 nitrogen and oxygen atoms in total. The van der Waals surface area contributed by atoms with Crippen LogP contribution in [-0.2, 0) is 14.2 Å². The fraction of sp³-hybridized carbons (Fsp3) is 0.757. The summed E-state index contributed by atoms with van der Waals surface area (Å²) in [6.45, 7) is 3.09. The van der Waals surface area contributed by atoms with Gasteiger partial charge in [0.1, 0.15) is 35.1 Å². The molecule has 11 aliphatic carbocycles. The van der Waals surface area contributed by atoms with Crippen LogP contribution in [0.15, 0.2) is 34.9 Å². The number of hydrazine groups is 1. The number of ketones is 1. The lowest BCUT2D eigenvalue weighted by Gasteiger charge is -2.72. The lowest BCUT2D eigenvalue weighted by molar-refractivity contribution is -0.370. The average Bonchev–Trinajstić information content (AvgIpc) is 1.59. The highest BCUT2D eigenvalue weighted by Crippen LogP contribution is 2.82. The van der Waals surface area contributed by atoms with Crippen LogP contribution in [0.2, 0.25) is 0 Å². The second-order valence-corrected chi connectivity index (χ2v) is 33.7. The van der Waals surface area contributed by atoms with Gasteiger partial charge in [-0.15, -0.1) is 0 Å². The van der Waals surface area contributed by atoms with Crippen LogP contribution in [0.4, 0.5) is 0 Å². The van der Waals surface area contributed by atoms with Gasteiger partial charge >= 0.3 is 5.97 Å². The van der Waals surface area contributed by atoms with E-state index in [1.807, 2.05) is 0 Å². The van der Waals surface area contributed by atoms with Crippen molar-refractivity contribution in [2.24, 2.45) is 73.4 Å². The zero-order chi connectivity index (χ0) is 60.9. The number of phenolic OH excluding ortho intramolecular Hbond substituents is 2. The molecule has 0 amide bonds. The number of nitrogens with one attached hydrogen (secondary N) is 2. The number of rotatable bonds is 7. The highest BCUT2D eigenvalue weighted by Gasteiger charge is 2.81. The first kappa shape index (κ1) is 57.6. The number of phenols is 2. The van der Waals surface area contributed by atoms with Gasteiger partial charge in [-0.25, -0.2) is 4.79 Å². The van der Waals surface area contributed by atoms with Gasteiger partial charge in [0.25, 0.3) is 0 Å². The number of benzene rings is 2. The number of ether oxygens (including phenoxy) is 4. The first-order valence-electron chi connectivity index (χ1n) is 35.2. The summed E-state index contributed by atoms with van der Waals surface area (Å²) in [5.74, 6) is 5.78. The number of fused-ring (bicyclic) bond motifs is 2. The number of Topliss-reactive ketones (excluding diaryl/α,β-unsaturated/α-hetero) is 1. The van der Waals surface area contributed by atoms with E-state index in [1.54, 1.807) is 0 Å². The number of hydrogen-bond acceptors (Lipinski definition) is 14. The third-order valence-electron chi connectivity index (χ3n) is 30.8. The molecule has 3 saturated heterocycles. The topological polar surface area (TPSA) is 237 Å². The molecule has 0 radical (unpaired) electrons. The molecule has 5 aliphatic heterocycles.